The van der Waals surface area contributed by atoms with E-state index in [1.807, 2.05) is 6.92 Å². The number of Topliss-reactive ketones (excluding diaryl/α,β-unsaturated/α-hetero) is 1. The summed E-state index contributed by atoms with van der Waals surface area (Å²) in [6.07, 6.45) is 0. The standard InChI is InChI=1S/C3H6O.C2H5Cl/c1-3(2)4;1-2-3/h1-2H3;2H2,1H3. The van der Waals surface area contributed by atoms with E-state index in [9.17, 15) is 4.79 Å². The molecule has 0 aliphatic rings. The third kappa shape index (κ3) is 58400. The molecule has 0 radical (unpaired) electrons. The Labute approximate surface area is 49.7 Å². The van der Waals surface area contributed by atoms with Gasteiger partial charge in [-0.05, 0) is 13.8 Å². The van der Waals surface area contributed by atoms with Gasteiger partial charge >= 0.3 is 0 Å². The van der Waals surface area contributed by atoms with Crippen molar-refractivity contribution in [2.24, 2.45) is 0 Å². The van der Waals surface area contributed by atoms with Gasteiger partial charge in [0.1, 0.15) is 5.78 Å². The molecule has 0 rings (SSSR count). The average molecular weight is 123 g/mol. The molecule has 1 nitrogen and oxygen atoms in total. The molecule has 0 aromatic carbocycles. The number of carbonyl (C=O) groups excluding carboxylic acids is 1. The molecule has 0 saturated carbocycles. The fourth-order valence-corrected chi connectivity index (χ4v) is 0. The van der Waals surface area contributed by atoms with Crippen molar-refractivity contribution in [1.82, 2.24) is 0 Å². The van der Waals surface area contributed by atoms with E-state index in [-0.39, 0.29) is 5.78 Å². The fourth-order valence-electron chi connectivity index (χ4n) is 0. The summed E-state index contributed by atoms with van der Waals surface area (Å²) >= 11 is 5.00. The lowest BCUT2D eigenvalue weighted by Crippen LogP contribution is -1.69. The Morgan fingerprint density at radius 2 is 1.57 bits per heavy atom. The zero-order chi connectivity index (χ0) is 6.28. The summed E-state index contributed by atoms with van der Waals surface area (Å²) in [7, 11) is 0. The molecule has 0 aromatic rings. The minimum atomic E-state index is 0.167. The Bertz CT molecular complexity index is 39.3. The van der Waals surface area contributed by atoms with Crippen LogP contribution in [-0.2, 0) is 4.79 Å². The number of hydrogen-bond acceptors (Lipinski definition) is 1. The van der Waals surface area contributed by atoms with Gasteiger partial charge in [0.15, 0.2) is 0 Å². The van der Waals surface area contributed by atoms with Crippen molar-refractivity contribution in [3.63, 3.8) is 0 Å². The molecule has 0 atom stereocenters. The molecular formula is C5H11ClO. The summed E-state index contributed by atoms with van der Waals surface area (Å²) < 4.78 is 0. The van der Waals surface area contributed by atoms with Gasteiger partial charge in [0.25, 0.3) is 0 Å². The van der Waals surface area contributed by atoms with Crippen LogP contribution < -0.4 is 0 Å². The van der Waals surface area contributed by atoms with Crippen molar-refractivity contribution in [1.29, 1.82) is 0 Å². The number of rotatable bonds is 0. The maximum absolute atomic E-state index is 9.44. The van der Waals surface area contributed by atoms with Crippen LogP contribution in [0.3, 0.4) is 0 Å². The molecule has 0 unspecified atom stereocenters. The van der Waals surface area contributed by atoms with Crippen LogP contribution in [-0.4, -0.2) is 11.7 Å². The molecule has 0 heterocycles. The molecule has 0 fully saturated rings. The lowest BCUT2D eigenvalue weighted by molar-refractivity contribution is -0.114. The third-order valence-corrected chi connectivity index (χ3v) is 0. The van der Waals surface area contributed by atoms with Crippen molar-refractivity contribution in [2.75, 3.05) is 5.88 Å². The monoisotopic (exact) mass is 122 g/mol. The van der Waals surface area contributed by atoms with Gasteiger partial charge in [-0.25, -0.2) is 0 Å². The van der Waals surface area contributed by atoms with E-state index in [0.717, 1.165) is 5.88 Å². The molecular weight excluding hydrogens is 112 g/mol. The first-order valence-corrected chi connectivity index (χ1v) is 2.71. The van der Waals surface area contributed by atoms with Crippen LogP contribution in [0.15, 0.2) is 0 Å². The number of alkyl halides is 1. The van der Waals surface area contributed by atoms with Crippen LogP contribution in [0, 0.1) is 0 Å². The second kappa shape index (κ2) is 9.35. The minimum Gasteiger partial charge on any atom is -0.300 e. The fraction of sp³-hybridized carbons (Fsp3) is 0.800. The summed E-state index contributed by atoms with van der Waals surface area (Å²) in [5.74, 6) is 0.889. The normalized spacial score (nSPS) is 6.29. The van der Waals surface area contributed by atoms with E-state index < -0.39 is 0 Å². The summed E-state index contributed by atoms with van der Waals surface area (Å²) in [5, 5.41) is 0. The molecule has 0 amide bonds. The Kier molecular flexibility index (Phi) is 13.4. The molecule has 0 saturated heterocycles. The number of carbonyl (C=O) groups is 1. The lowest BCUT2D eigenvalue weighted by atomic mass is 10.6. The van der Waals surface area contributed by atoms with Crippen LogP contribution in [0.4, 0.5) is 0 Å². The molecule has 44 valence electrons. The zero-order valence-electron chi connectivity index (χ0n) is 4.99. The van der Waals surface area contributed by atoms with Crippen LogP contribution in [0.25, 0.3) is 0 Å². The Morgan fingerprint density at radius 3 is 1.57 bits per heavy atom. The van der Waals surface area contributed by atoms with Gasteiger partial charge in [0.05, 0.1) is 0 Å². The van der Waals surface area contributed by atoms with Crippen LogP contribution in [0.2, 0.25) is 0 Å². The molecule has 2 heteroatoms. The van der Waals surface area contributed by atoms with E-state index in [4.69, 9.17) is 11.6 Å². The smallest absolute Gasteiger partial charge is 0.126 e. The number of ketones is 1. The van der Waals surface area contributed by atoms with Gasteiger partial charge in [-0.15, -0.1) is 11.6 Å². The quantitative estimate of drug-likeness (QED) is 0.448. The predicted octanol–water partition coefficient (Wildman–Crippen LogP) is 1.84. The van der Waals surface area contributed by atoms with Crippen LogP contribution in [0.1, 0.15) is 20.8 Å². The van der Waals surface area contributed by atoms with Crippen molar-refractivity contribution in [2.45, 2.75) is 20.8 Å². The Morgan fingerprint density at radius 1 is 1.57 bits per heavy atom. The number of halogens is 1. The molecule has 0 aliphatic heterocycles. The topological polar surface area (TPSA) is 17.1 Å². The van der Waals surface area contributed by atoms with Gasteiger partial charge in [-0.1, -0.05) is 6.92 Å². The summed E-state index contributed by atoms with van der Waals surface area (Å²) in [6, 6.07) is 0. The Hall–Kier alpha value is -0.0400. The van der Waals surface area contributed by atoms with E-state index in [1.165, 1.54) is 13.8 Å². The highest BCUT2D eigenvalue weighted by molar-refractivity contribution is 6.17. The predicted molar refractivity (Wildman–Crippen MR) is 32.7 cm³/mol. The maximum Gasteiger partial charge on any atom is 0.126 e. The molecule has 0 bridgehead atoms. The maximum atomic E-state index is 9.44. The van der Waals surface area contributed by atoms with Gasteiger partial charge in [-0.2, -0.15) is 0 Å². The molecule has 0 N–H and O–H groups in total. The highest BCUT2D eigenvalue weighted by Crippen LogP contribution is 1.59. The van der Waals surface area contributed by atoms with Crippen molar-refractivity contribution in [3.8, 4) is 0 Å². The third-order valence-electron chi connectivity index (χ3n) is 0. The zero-order valence-corrected chi connectivity index (χ0v) is 5.75. The molecule has 0 aromatic heterocycles. The largest absolute Gasteiger partial charge is 0.300 e. The van der Waals surface area contributed by atoms with E-state index in [0.29, 0.717) is 0 Å². The summed E-state index contributed by atoms with van der Waals surface area (Å²) in [4.78, 5) is 9.44. The Balaban J connectivity index is 0. The van der Waals surface area contributed by atoms with E-state index in [2.05, 4.69) is 0 Å². The van der Waals surface area contributed by atoms with Crippen molar-refractivity contribution < 1.29 is 4.79 Å². The van der Waals surface area contributed by atoms with E-state index >= 15 is 0 Å². The first-order valence-electron chi connectivity index (χ1n) is 2.18. The van der Waals surface area contributed by atoms with Gasteiger partial charge in [0, 0.05) is 5.88 Å². The van der Waals surface area contributed by atoms with Gasteiger partial charge in [0.2, 0.25) is 0 Å². The highest BCUT2D eigenvalue weighted by atomic mass is 35.5. The minimum absolute atomic E-state index is 0.167. The molecule has 7 heavy (non-hydrogen) atoms. The van der Waals surface area contributed by atoms with Crippen LogP contribution in [0.5, 0.6) is 0 Å². The molecule has 0 aliphatic carbocycles. The van der Waals surface area contributed by atoms with Gasteiger partial charge in [-0.3, -0.25) is 0 Å². The average Bonchev–Trinajstić information content (AvgIpc) is 1.33. The highest BCUT2D eigenvalue weighted by Gasteiger charge is 1.62. The second-order valence-corrected chi connectivity index (χ2v) is 1.71. The first-order chi connectivity index (χ1) is 3.15. The van der Waals surface area contributed by atoms with Gasteiger partial charge < -0.3 is 4.79 Å². The second-order valence-electron chi connectivity index (χ2n) is 1.18. The lowest BCUT2D eigenvalue weighted by Gasteiger charge is -1.56. The van der Waals surface area contributed by atoms with Crippen molar-refractivity contribution >= 4 is 17.4 Å². The molecule has 0 spiro atoms. The van der Waals surface area contributed by atoms with E-state index in [1.54, 1.807) is 0 Å². The number of hydrogen-bond donors (Lipinski definition) is 0. The summed E-state index contributed by atoms with van der Waals surface area (Å²) in [6.45, 7) is 4.95. The van der Waals surface area contributed by atoms with Crippen LogP contribution >= 0.6 is 11.6 Å². The van der Waals surface area contributed by atoms with Crippen molar-refractivity contribution in [3.05, 3.63) is 0 Å². The first kappa shape index (κ1) is 10.0. The summed E-state index contributed by atoms with van der Waals surface area (Å²) in [5.41, 5.74) is 0. The SMILES string of the molecule is CC(C)=O.CCCl.